The summed E-state index contributed by atoms with van der Waals surface area (Å²) in [6.45, 7) is 12.9. The molecule has 288 valence electrons. The number of rotatable bonds is 16. The summed E-state index contributed by atoms with van der Waals surface area (Å²) in [4.78, 5) is 61.9. The van der Waals surface area contributed by atoms with Gasteiger partial charge in [0.2, 0.25) is 17.7 Å². The van der Waals surface area contributed by atoms with Crippen LogP contribution >= 0.6 is 15.9 Å². The molecule has 2 aromatic carbocycles. The lowest BCUT2D eigenvalue weighted by molar-refractivity contribution is -0.165. The van der Waals surface area contributed by atoms with Crippen LogP contribution in [-0.2, 0) is 35.3 Å². The summed E-state index contributed by atoms with van der Waals surface area (Å²) < 4.78 is 14.8. The van der Waals surface area contributed by atoms with Gasteiger partial charge < -0.3 is 29.3 Å². The van der Waals surface area contributed by atoms with Gasteiger partial charge in [-0.25, -0.2) is 4.68 Å². The molecule has 1 aromatic heterocycles. The fourth-order valence-electron chi connectivity index (χ4n) is 8.45. The highest BCUT2D eigenvalue weighted by molar-refractivity contribution is 9.09. The number of esters is 1. The molecule has 0 radical (unpaired) electrons. The highest BCUT2D eigenvalue weighted by Gasteiger charge is 2.77. The number of likely N-dealkylation sites (N-methyl/N-ethyl adjacent to an activating group) is 1. The summed E-state index contributed by atoms with van der Waals surface area (Å²) in [5.74, 6) is -4.04. The second kappa shape index (κ2) is 16.1. The van der Waals surface area contributed by atoms with E-state index in [1.54, 1.807) is 33.7 Å². The lowest BCUT2D eigenvalue weighted by atomic mass is 9.70. The Hall–Kier alpha value is -4.40. The van der Waals surface area contributed by atoms with Gasteiger partial charge in [-0.05, 0) is 43.4 Å². The number of para-hydroxylation sites is 1. The minimum absolute atomic E-state index is 0.0123. The number of amides is 3. The van der Waals surface area contributed by atoms with Crippen LogP contribution in [0.1, 0.15) is 51.7 Å². The maximum absolute atomic E-state index is 15.1. The summed E-state index contributed by atoms with van der Waals surface area (Å²) in [7, 11) is 1.68. The Morgan fingerprint density at radius 2 is 1.81 bits per heavy atom. The maximum Gasteiger partial charge on any atom is 0.313 e. The van der Waals surface area contributed by atoms with Gasteiger partial charge in [-0.3, -0.25) is 19.2 Å². The van der Waals surface area contributed by atoms with Crippen LogP contribution in [0.2, 0.25) is 0 Å². The zero-order valence-electron chi connectivity index (χ0n) is 31.2. The van der Waals surface area contributed by atoms with Gasteiger partial charge in [0, 0.05) is 24.8 Å². The molecule has 14 heteroatoms. The predicted molar refractivity (Wildman–Crippen MR) is 205 cm³/mol. The molecular weight excluding hydrogens is 756 g/mol. The molecule has 2 bridgehead atoms. The first kappa shape index (κ1) is 39.3. The number of halogens is 1. The van der Waals surface area contributed by atoms with Crippen molar-refractivity contribution in [2.24, 2.45) is 17.8 Å². The quantitative estimate of drug-likeness (QED) is 0.128. The lowest BCUT2D eigenvalue weighted by Gasteiger charge is -2.40. The fourth-order valence-corrected chi connectivity index (χ4v) is 9.39. The van der Waals surface area contributed by atoms with Gasteiger partial charge >= 0.3 is 5.97 Å². The van der Waals surface area contributed by atoms with Crippen molar-refractivity contribution >= 4 is 50.7 Å². The van der Waals surface area contributed by atoms with Crippen molar-refractivity contribution in [3.05, 3.63) is 85.5 Å². The highest BCUT2D eigenvalue weighted by atomic mass is 79.9. The molecule has 3 aromatic rings. The lowest BCUT2D eigenvalue weighted by Crippen LogP contribution is -2.60. The van der Waals surface area contributed by atoms with E-state index >= 15 is 4.79 Å². The minimum atomic E-state index is -1.41. The number of benzene rings is 2. The normalized spacial score (nSPS) is 26.0. The third kappa shape index (κ3) is 6.88. The molecule has 3 amide bonds. The standard InChI is InChI=1S/C40H49BrN6O7/c1-7-9-19-31(49)44(6)25(5)34(26-15-11-10-12-16-26)53-39(52)32-33-37(50)47(30(22-48)24(3)4)36(40(33)21-27(41)35(32)54-40)38(51)45(20-8-2)23-46-29-18-14-13-17-28(29)42-43-46/h7-8,10-18,24-25,27,30,32-36,48H,1-2,9,19-23H2,3-6H3/t25-,27?,30-,32+,33-,34+,35+,36+,40-/m0/s1. The average Bonchev–Trinajstić information content (AvgIpc) is 3.89. The van der Waals surface area contributed by atoms with E-state index in [1.165, 1.54) is 4.90 Å². The zero-order chi connectivity index (χ0) is 38.9. The van der Waals surface area contributed by atoms with Crippen LogP contribution < -0.4 is 0 Å². The SMILES string of the molecule is C=CCCC(=O)N(C)[C@@H](C)[C@@H](OC(=O)[C@H]1[C@@H]2O[C@@]3(CC2Br)[C@@H]1C(=O)N([C@@H](CO)C(C)C)[C@@H]3C(=O)N(CC=C)Cn1nnc2ccccc21)c1ccccc1. The summed E-state index contributed by atoms with van der Waals surface area (Å²) >= 11 is 3.75. The van der Waals surface area contributed by atoms with Gasteiger partial charge in [-0.15, -0.1) is 18.3 Å². The zero-order valence-corrected chi connectivity index (χ0v) is 32.7. The van der Waals surface area contributed by atoms with Crippen molar-refractivity contribution in [1.29, 1.82) is 0 Å². The van der Waals surface area contributed by atoms with Crippen LogP contribution in [0.5, 0.6) is 0 Å². The Morgan fingerprint density at radius 1 is 1.11 bits per heavy atom. The van der Waals surface area contributed by atoms with Gasteiger partial charge in [0.1, 0.15) is 29.9 Å². The van der Waals surface area contributed by atoms with Gasteiger partial charge in [-0.1, -0.05) is 89.6 Å². The second-order valence-electron chi connectivity index (χ2n) is 14.8. The van der Waals surface area contributed by atoms with E-state index in [2.05, 4.69) is 39.4 Å². The van der Waals surface area contributed by atoms with Crippen molar-refractivity contribution in [3.8, 4) is 0 Å². The van der Waals surface area contributed by atoms with E-state index in [4.69, 9.17) is 9.47 Å². The number of ether oxygens (including phenoxy) is 2. The van der Waals surface area contributed by atoms with E-state index in [1.807, 2.05) is 75.4 Å². The first-order chi connectivity index (χ1) is 25.9. The number of carbonyl (C=O) groups excluding carboxylic acids is 4. The highest BCUT2D eigenvalue weighted by Crippen LogP contribution is 2.61. The third-order valence-corrected chi connectivity index (χ3v) is 12.2. The van der Waals surface area contributed by atoms with Crippen molar-refractivity contribution in [2.75, 3.05) is 20.2 Å². The molecule has 13 nitrogen and oxygen atoms in total. The van der Waals surface area contributed by atoms with Crippen molar-refractivity contribution in [3.63, 3.8) is 0 Å². The Balaban J connectivity index is 1.37. The second-order valence-corrected chi connectivity index (χ2v) is 16.0. The number of allylic oxidation sites excluding steroid dienone is 1. The van der Waals surface area contributed by atoms with E-state index in [0.717, 1.165) is 5.52 Å². The number of hydrogen-bond acceptors (Lipinski definition) is 9. The summed E-state index contributed by atoms with van der Waals surface area (Å²) in [6, 6.07) is 14.1. The van der Waals surface area contributed by atoms with Gasteiger partial charge in [0.25, 0.3) is 0 Å². The number of nitrogens with zero attached hydrogens (tertiary/aromatic N) is 6. The van der Waals surface area contributed by atoms with Crippen molar-refractivity contribution in [2.45, 2.75) is 87.5 Å². The molecule has 0 aliphatic carbocycles. The Kier molecular flexibility index (Phi) is 11.7. The fraction of sp³-hybridized carbons (Fsp3) is 0.500. The largest absolute Gasteiger partial charge is 0.455 e. The predicted octanol–water partition coefficient (Wildman–Crippen LogP) is 4.27. The van der Waals surface area contributed by atoms with E-state index in [0.29, 0.717) is 17.5 Å². The Labute approximate surface area is 324 Å². The summed E-state index contributed by atoms with van der Waals surface area (Å²) in [5.41, 5.74) is 0.663. The molecule has 3 aliphatic rings. The number of likely N-dealkylation sites (tertiary alicyclic amines) is 1. The molecule has 1 spiro atoms. The van der Waals surface area contributed by atoms with Crippen LogP contribution in [0, 0.1) is 17.8 Å². The third-order valence-electron chi connectivity index (χ3n) is 11.3. The van der Waals surface area contributed by atoms with Gasteiger partial charge in [-0.2, -0.15) is 0 Å². The first-order valence-electron chi connectivity index (χ1n) is 18.4. The average molecular weight is 806 g/mol. The number of fused-ring (bicyclic) bond motifs is 2. The van der Waals surface area contributed by atoms with Crippen molar-refractivity contribution in [1.82, 2.24) is 29.7 Å². The number of aromatic nitrogens is 3. The molecule has 6 rings (SSSR count). The molecule has 4 heterocycles. The number of hydrogen-bond donors (Lipinski definition) is 1. The Bertz CT molecular complexity index is 1890. The van der Waals surface area contributed by atoms with Gasteiger partial charge in [0.05, 0.1) is 42.1 Å². The van der Waals surface area contributed by atoms with Crippen LogP contribution in [0.25, 0.3) is 11.0 Å². The molecule has 9 atom stereocenters. The van der Waals surface area contributed by atoms with E-state index in [-0.39, 0.29) is 42.7 Å². The molecule has 1 unspecified atom stereocenters. The van der Waals surface area contributed by atoms with Crippen LogP contribution in [0.3, 0.4) is 0 Å². The minimum Gasteiger partial charge on any atom is -0.455 e. The molecule has 3 fully saturated rings. The molecule has 0 saturated carbocycles. The smallest absolute Gasteiger partial charge is 0.313 e. The first-order valence-corrected chi connectivity index (χ1v) is 19.4. The topological polar surface area (TPSA) is 147 Å². The maximum atomic E-state index is 15.1. The van der Waals surface area contributed by atoms with Gasteiger partial charge in [0.15, 0.2) is 0 Å². The van der Waals surface area contributed by atoms with Crippen LogP contribution in [0.15, 0.2) is 79.9 Å². The number of aliphatic hydroxyl groups is 1. The Morgan fingerprint density at radius 3 is 2.48 bits per heavy atom. The number of aliphatic hydroxyl groups excluding tert-OH is 1. The summed E-state index contributed by atoms with van der Waals surface area (Å²) in [6.07, 6.45) is 2.67. The van der Waals surface area contributed by atoms with Crippen molar-refractivity contribution < 1.29 is 33.8 Å². The van der Waals surface area contributed by atoms with Crippen LogP contribution in [0.4, 0.5) is 0 Å². The van der Waals surface area contributed by atoms with Crippen LogP contribution in [-0.4, -0.2) is 113 Å². The molecule has 1 N–H and O–H groups in total. The van der Waals surface area contributed by atoms with E-state index < -0.39 is 72.2 Å². The molecule has 3 saturated heterocycles. The number of alkyl halides is 1. The number of carbonyl (C=O) groups is 4. The molecular formula is C40H49BrN6O7. The van der Waals surface area contributed by atoms with E-state index in [9.17, 15) is 19.5 Å². The summed E-state index contributed by atoms with van der Waals surface area (Å²) in [5, 5.41) is 19.3. The monoisotopic (exact) mass is 804 g/mol. The molecule has 3 aliphatic heterocycles. The molecule has 54 heavy (non-hydrogen) atoms.